The summed E-state index contributed by atoms with van der Waals surface area (Å²) >= 11 is 3.32. The molecular weight excluding hydrogens is 424 g/mol. The molecule has 4 rings (SSSR count). The number of nitrogens with one attached hydrogen (secondary N) is 1. The molecule has 3 amide bonds. The van der Waals surface area contributed by atoms with Gasteiger partial charge in [0.15, 0.2) is 0 Å². The van der Waals surface area contributed by atoms with Crippen LogP contribution in [0, 0.1) is 17.8 Å². The van der Waals surface area contributed by atoms with E-state index in [9.17, 15) is 14.4 Å². The molecule has 0 aromatic carbocycles. The van der Waals surface area contributed by atoms with Gasteiger partial charge in [-0.15, -0.1) is 0 Å². The van der Waals surface area contributed by atoms with Gasteiger partial charge in [-0.2, -0.15) is 0 Å². The number of anilines is 1. The summed E-state index contributed by atoms with van der Waals surface area (Å²) in [5.41, 5.74) is 0. The minimum Gasteiger partial charge on any atom is -0.342 e. The summed E-state index contributed by atoms with van der Waals surface area (Å²) in [4.78, 5) is 45.6. The number of amides is 3. The number of rotatable bonds is 5. The van der Waals surface area contributed by atoms with Crippen molar-refractivity contribution in [3.05, 3.63) is 22.8 Å². The molecule has 0 bridgehead atoms. The molecule has 1 saturated carbocycles. The van der Waals surface area contributed by atoms with Gasteiger partial charge in [-0.25, -0.2) is 4.98 Å². The van der Waals surface area contributed by atoms with Crippen molar-refractivity contribution in [2.45, 2.75) is 32.1 Å². The Labute approximate surface area is 173 Å². The Bertz CT molecular complexity index is 765. The molecule has 1 N–H and O–H groups in total. The summed E-state index contributed by atoms with van der Waals surface area (Å²) in [5, 5.41) is 2.84. The summed E-state index contributed by atoms with van der Waals surface area (Å²) in [6, 6.07) is 3.57. The lowest BCUT2D eigenvalue weighted by molar-refractivity contribution is -0.138. The highest BCUT2D eigenvalue weighted by molar-refractivity contribution is 9.10. The SMILES string of the molecule is O=C(Nc1ccc(Br)cn1)[C@H]1CCCN(C(=O)[C@@H]2CC(=O)N(CC3CC3)C2)C1. The second-order valence-corrected chi connectivity index (χ2v) is 9.03. The van der Waals surface area contributed by atoms with Gasteiger partial charge in [0.05, 0.1) is 11.8 Å². The van der Waals surface area contributed by atoms with E-state index in [1.807, 2.05) is 11.0 Å². The topological polar surface area (TPSA) is 82.6 Å². The molecule has 0 radical (unpaired) electrons. The second kappa shape index (κ2) is 8.19. The average Bonchev–Trinajstić information content (AvgIpc) is 3.44. The Kier molecular flexibility index (Phi) is 5.66. The van der Waals surface area contributed by atoms with Crippen LogP contribution in [0.2, 0.25) is 0 Å². The Morgan fingerprint density at radius 1 is 1.18 bits per heavy atom. The van der Waals surface area contributed by atoms with E-state index in [0.717, 1.165) is 23.9 Å². The first kappa shape index (κ1) is 19.4. The predicted octanol–water partition coefficient (Wildman–Crippen LogP) is 2.28. The normalized spacial score (nSPS) is 25.1. The van der Waals surface area contributed by atoms with E-state index >= 15 is 0 Å². The smallest absolute Gasteiger partial charge is 0.230 e. The van der Waals surface area contributed by atoms with Crippen molar-refractivity contribution >= 4 is 39.5 Å². The number of carbonyl (C=O) groups is 3. The van der Waals surface area contributed by atoms with Gasteiger partial charge in [-0.05, 0) is 59.7 Å². The maximum absolute atomic E-state index is 13.0. The first-order valence-electron chi connectivity index (χ1n) is 9.98. The van der Waals surface area contributed by atoms with Crippen molar-refractivity contribution in [3.63, 3.8) is 0 Å². The van der Waals surface area contributed by atoms with Gasteiger partial charge in [0, 0.05) is 43.3 Å². The van der Waals surface area contributed by atoms with Gasteiger partial charge < -0.3 is 15.1 Å². The zero-order valence-electron chi connectivity index (χ0n) is 15.8. The molecule has 2 aliphatic heterocycles. The van der Waals surface area contributed by atoms with E-state index < -0.39 is 0 Å². The van der Waals surface area contributed by atoms with Crippen LogP contribution in [0.3, 0.4) is 0 Å². The minimum atomic E-state index is -0.263. The number of nitrogens with zero attached hydrogens (tertiary/aromatic N) is 3. The molecule has 8 heteroatoms. The van der Waals surface area contributed by atoms with E-state index in [1.54, 1.807) is 17.2 Å². The standard InChI is InChI=1S/C20H25BrN4O3/c21-16-5-6-17(22-9-16)23-19(27)14-2-1-7-24(11-14)20(28)15-8-18(26)25(12-15)10-13-3-4-13/h5-6,9,13-15H,1-4,7-8,10-12H2,(H,22,23,27)/t14-,15+/m0/s1. The van der Waals surface area contributed by atoms with Crippen molar-refractivity contribution in [3.8, 4) is 0 Å². The maximum atomic E-state index is 13.0. The van der Waals surface area contributed by atoms with Crippen LogP contribution >= 0.6 is 15.9 Å². The Morgan fingerprint density at radius 3 is 2.71 bits per heavy atom. The summed E-state index contributed by atoms with van der Waals surface area (Å²) in [6.45, 7) is 2.40. The number of hydrogen-bond donors (Lipinski definition) is 1. The fourth-order valence-electron chi connectivity index (χ4n) is 4.05. The number of pyridine rings is 1. The number of hydrogen-bond acceptors (Lipinski definition) is 4. The van der Waals surface area contributed by atoms with Crippen LogP contribution in [0.15, 0.2) is 22.8 Å². The lowest BCUT2D eigenvalue weighted by Crippen LogP contribution is -2.46. The first-order valence-corrected chi connectivity index (χ1v) is 10.8. The van der Waals surface area contributed by atoms with Gasteiger partial charge >= 0.3 is 0 Å². The highest BCUT2D eigenvalue weighted by atomic mass is 79.9. The maximum Gasteiger partial charge on any atom is 0.230 e. The van der Waals surface area contributed by atoms with Crippen LogP contribution in [0.4, 0.5) is 5.82 Å². The summed E-state index contributed by atoms with van der Waals surface area (Å²) in [5.74, 6) is 0.639. The average molecular weight is 449 g/mol. The third-order valence-corrected chi connectivity index (χ3v) is 6.29. The van der Waals surface area contributed by atoms with Crippen LogP contribution in [0.5, 0.6) is 0 Å². The zero-order valence-corrected chi connectivity index (χ0v) is 17.4. The zero-order chi connectivity index (χ0) is 19.7. The Morgan fingerprint density at radius 2 is 2.00 bits per heavy atom. The summed E-state index contributed by atoms with van der Waals surface area (Å²) < 4.78 is 0.849. The van der Waals surface area contributed by atoms with E-state index in [2.05, 4.69) is 26.2 Å². The van der Waals surface area contributed by atoms with Crippen LogP contribution in [-0.2, 0) is 14.4 Å². The number of carbonyl (C=O) groups excluding carboxylic acids is 3. The fourth-order valence-corrected chi connectivity index (χ4v) is 4.29. The van der Waals surface area contributed by atoms with E-state index in [4.69, 9.17) is 0 Å². The van der Waals surface area contributed by atoms with Crippen LogP contribution in [0.25, 0.3) is 0 Å². The molecule has 3 fully saturated rings. The number of halogens is 1. The molecule has 1 aliphatic carbocycles. The van der Waals surface area contributed by atoms with E-state index in [0.29, 0.717) is 37.8 Å². The minimum absolute atomic E-state index is 0.0194. The monoisotopic (exact) mass is 448 g/mol. The third-order valence-electron chi connectivity index (χ3n) is 5.82. The van der Waals surface area contributed by atoms with Gasteiger partial charge in [0.2, 0.25) is 17.7 Å². The van der Waals surface area contributed by atoms with Crippen molar-refractivity contribution in [1.82, 2.24) is 14.8 Å². The molecule has 2 atom stereocenters. The molecule has 28 heavy (non-hydrogen) atoms. The quantitative estimate of drug-likeness (QED) is 0.748. The van der Waals surface area contributed by atoms with Crippen molar-refractivity contribution < 1.29 is 14.4 Å². The van der Waals surface area contributed by atoms with Crippen LogP contribution in [0.1, 0.15) is 32.1 Å². The van der Waals surface area contributed by atoms with Crippen molar-refractivity contribution in [1.29, 1.82) is 0 Å². The molecule has 3 heterocycles. The van der Waals surface area contributed by atoms with Gasteiger partial charge in [-0.3, -0.25) is 14.4 Å². The lowest BCUT2D eigenvalue weighted by atomic mass is 9.95. The molecule has 1 aromatic rings. The van der Waals surface area contributed by atoms with Crippen LogP contribution < -0.4 is 5.32 Å². The fraction of sp³-hybridized carbons (Fsp3) is 0.600. The molecule has 2 saturated heterocycles. The predicted molar refractivity (Wildman–Crippen MR) is 107 cm³/mol. The second-order valence-electron chi connectivity index (χ2n) is 8.12. The van der Waals surface area contributed by atoms with E-state index in [1.165, 1.54) is 12.8 Å². The largest absolute Gasteiger partial charge is 0.342 e. The Hall–Kier alpha value is -1.96. The molecular formula is C20H25BrN4O3. The molecule has 150 valence electrons. The molecule has 0 unspecified atom stereocenters. The molecule has 0 spiro atoms. The van der Waals surface area contributed by atoms with E-state index in [-0.39, 0.29) is 29.6 Å². The highest BCUT2D eigenvalue weighted by Gasteiger charge is 2.40. The Balaban J connectivity index is 1.32. The first-order chi connectivity index (χ1) is 13.5. The number of aromatic nitrogens is 1. The lowest BCUT2D eigenvalue weighted by Gasteiger charge is -2.33. The number of likely N-dealkylation sites (tertiary alicyclic amines) is 2. The highest BCUT2D eigenvalue weighted by Crippen LogP contribution is 2.32. The van der Waals surface area contributed by atoms with Crippen LogP contribution in [-0.4, -0.2) is 58.7 Å². The van der Waals surface area contributed by atoms with Gasteiger partial charge in [0.1, 0.15) is 5.82 Å². The van der Waals surface area contributed by atoms with Gasteiger partial charge in [0.25, 0.3) is 0 Å². The summed E-state index contributed by atoms with van der Waals surface area (Å²) in [7, 11) is 0. The number of piperidine rings is 1. The van der Waals surface area contributed by atoms with Gasteiger partial charge in [-0.1, -0.05) is 0 Å². The molecule has 7 nitrogen and oxygen atoms in total. The molecule has 3 aliphatic rings. The summed E-state index contributed by atoms with van der Waals surface area (Å²) in [6.07, 6.45) is 5.88. The van der Waals surface area contributed by atoms with Crippen molar-refractivity contribution in [2.75, 3.05) is 31.5 Å². The van der Waals surface area contributed by atoms with Crippen molar-refractivity contribution in [2.24, 2.45) is 17.8 Å². The molecule has 1 aromatic heterocycles. The third kappa shape index (κ3) is 4.54.